The van der Waals surface area contributed by atoms with Crippen LogP contribution in [0.1, 0.15) is 25.8 Å². The fraction of sp³-hybridized carbons (Fsp3) is 0.455. The monoisotopic (exact) mass is 379 g/mol. The summed E-state index contributed by atoms with van der Waals surface area (Å²) in [6, 6.07) is 10.7. The number of fused-ring (bicyclic) bond motifs is 1. The highest BCUT2D eigenvalue weighted by molar-refractivity contribution is 5.97. The van der Waals surface area contributed by atoms with E-state index in [4.69, 9.17) is 0 Å². The number of aryl methyl sites for hydroxylation is 1. The molecule has 148 valence electrons. The number of carbonyl (C=O) groups is 1. The molecule has 3 heterocycles. The van der Waals surface area contributed by atoms with Crippen LogP contribution in [0.15, 0.2) is 36.5 Å². The standard InChI is InChI=1S/C22H29N5O/c1-16(2)27-20-14-21(23-15-17(20)4-9-22(27)28)24-18-5-7-19(8-6-18)26-12-10-25(3)11-13-26/h5-8,14-16H,4,9-13H2,1-3H3,(H,23,24). The summed E-state index contributed by atoms with van der Waals surface area (Å²) in [7, 11) is 2.17. The first-order valence-electron chi connectivity index (χ1n) is 10.1. The zero-order valence-corrected chi connectivity index (χ0v) is 17.0. The number of amides is 1. The Morgan fingerprint density at radius 3 is 2.43 bits per heavy atom. The van der Waals surface area contributed by atoms with Crippen LogP contribution in [0, 0.1) is 0 Å². The fourth-order valence-electron chi connectivity index (χ4n) is 3.99. The Morgan fingerprint density at radius 1 is 1.04 bits per heavy atom. The molecule has 6 heteroatoms. The molecule has 2 aliphatic heterocycles. The number of piperazine rings is 1. The van der Waals surface area contributed by atoms with Crippen LogP contribution in [0.3, 0.4) is 0 Å². The van der Waals surface area contributed by atoms with Crippen molar-refractivity contribution >= 4 is 28.8 Å². The Hall–Kier alpha value is -2.60. The summed E-state index contributed by atoms with van der Waals surface area (Å²) in [6.07, 6.45) is 3.23. The SMILES string of the molecule is CC(C)N1C(=O)CCc2cnc(Nc3ccc(N4CCN(C)CC4)cc3)cc21. The molecule has 6 nitrogen and oxygen atoms in total. The van der Waals surface area contributed by atoms with Crippen LogP contribution in [0.2, 0.25) is 0 Å². The largest absolute Gasteiger partial charge is 0.369 e. The smallest absolute Gasteiger partial charge is 0.227 e. The number of rotatable bonds is 4. The van der Waals surface area contributed by atoms with Gasteiger partial charge in [0.25, 0.3) is 0 Å². The maximum Gasteiger partial charge on any atom is 0.227 e. The molecule has 28 heavy (non-hydrogen) atoms. The summed E-state index contributed by atoms with van der Waals surface area (Å²) >= 11 is 0. The molecule has 4 rings (SSSR count). The van der Waals surface area contributed by atoms with E-state index in [1.54, 1.807) is 0 Å². The molecule has 1 saturated heterocycles. The van der Waals surface area contributed by atoms with Crippen molar-refractivity contribution in [3.63, 3.8) is 0 Å². The summed E-state index contributed by atoms with van der Waals surface area (Å²) in [5.41, 5.74) is 4.39. The topological polar surface area (TPSA) is 51.7 Å². The van der Waals surface area contributed by atoms with Crippen molar-refractivity contribution in [3.05, 3.63) is 42.1 Å². The first-order chi connectivity index (χ1) is 13.5. The highest BCUT2D eigenvalue weighted by atomic mass is 16.2. The molecule has 2 aromatic rings. The maximum atomic E-state index is 12.4. The van der Waals surface area contributed by atoms with Crippen LogP contribution in [-0.2, 0) is 11.2 Å². The fourth-order valence-corrected chi connectivity index (χ4v) is 3.99. The molecule has 1 fully saturated rings. The molecule has 1 aromatic heterocycles. The minimum atomic E-state index is 0.143. The van der Waals surface area contributed by atoms with Crippen LogP contribution in [-0.4, -0.2) is 55.1 Å². The minimum absolute atomic E-state index is 0.143. The van der Waals surface area contributed by atoms with E-state index in [0.29, 0.717) is 6.42 Å². The van der Waals surface area contributed by atoms with Crippen molar-refractivity contribution in [2.45, 2.75) is 32.7 Å². The van der Waals surface area contributed by atoms with Gasteiger partial charge in [-0.2, -0.15) is 0 Å². The van der Waals surface area contributed by atoms with Gasteiger partial charge in [0.05, 0.1) is 5.69 Å². The number of benzene rings is 1. The average molecular weight is 380 g/mol. The van der Waals surface area contributed by atoms with Crippen molar-refractivity contribution in [3.8, 4) is 0 Å². The molecule has 1 N–H and O–H groups in total. The van der Waals surface area contributed by atoms with Crippen LogP contribution in [0.4, 0.5) is 22.9 Å². The van der Waals surface area contributed by atoms with Crippen LogP contribution >= 0.6 is 0 Å². The quantitative estimate of drug-likeness (QED) is 0.884. The van der Waals surface area contributed by atoms with Gasteiger partial charge in [0.2, 0.25) is 5.91 Å². The predicted molar refractivity (Wildman–Crippen MR) is 115 cm³/mol. The molecular formula is C22H29N5O. The number of hydrogen-bond donors (Lipinski definition) is 1. The summed E-state index contributed by atoms with van der Waals surface area (Å²) in [5, 5.41) is 3.39. The van der Waals surface area contributed by atoms with E-state index >= 15 is 0 Å². The van der Waals surface area contributed by atoms with Gasteiger partial charge in [-0.25, -0.2) is 4.98 Å². The number of aromatic nitrogens is 1. The Balaban J connectivity index is 1.50. The number of hydrogen-bond acceptors (Lipinski definition) is 5. The van der Waals surface area contributed by atoms with E-state index in [-0.39, 0.29) is 11.9 Å². The number of carbonyl (C=O) groups excluding carboxylic acids is 1. The normalized spacial score (nSPS) is 17.8. The molecule has 1 amide bonds. The molecule has 1 aromatic carbocycles. The van der Waals surface area contributed by atoms with Gasteiger partial charge in [-0.05, 0) is 57.1 Å². The van der Waals surface area contributed by atoms with Gasteiger partial charge >= 0.3 is 0 Å². The zero-order chi connectivity index (χ0) is 19.7. The van der Waals surface area contributed by atoms with Crippen molar-refractivity contribution in [2.75, 3.05) is 48.3 Å². The number of anilines is 4. The van der Waals surface area contributed by atoms with E-state index in [1.807, 2.05) is 17.2 Å². The molecule has 0 radical (unpaired) electrons. The number of pyridine rings is 1. The first kappa shape index (κ1) is 18.7. The molecule has 0 saturated carbocycles. The predicted octanol–water partition coefficient (Wildman–Crippen LogP) is 3.26. The first-order valence-corrected chi connectivity index (χ1v) is 10.1. The molecule has 0 aliphatic carbocycles. The number of likely N-dealkylation sites (N-methyl/N-ethyl adjacent to an activating group) is 1. The van der Waals surface area contributed by atoms with Crippen LogP contribution < -0.4 is 15.1 Å². The second-order valence-corrected chi connectivity index (χ2v) is 8.02. The Morgan fingerprint density at radius 2 is 1.75 bits per heavy atom. The number of nitrogens with zero attached hydrogens (tertiary/aromatic N) is 4. The van der Waals surface area contributed by atoms with Gasteiger partial charge in [-0.15, -0.1) is 0 Å². The van der Waals surface area contributed by atoms with E-state index < -0.39 is 0 Å². The van der Waals surface area contributed by atoms with Gasteiger partial charge < -0.3 is 20.0 Å². The summed E-state index contributed by atoms with van der Waals surface area (Å²) < 4.78 is 0. The highest BCUT2D eigenvalue weighted by Gasteiger charge is 2.26. The van der Waals surface area contributed by atoms with Crippen molar-refractivity contribution in [2.24, 2.45) is 0 Å². The Bertz CT molecular complexity index is 841. The number of nitrogens with one attached hydrogen (secondary N) is 1. The van der Waals surface area contributed by atoms with E-state index in [0.717, 1.165) is 55.4 Å². The Kier molecular flexibility index (Phi) is 5.22. The van der Waals surface area contributed by atoms with Gasteiger partial charge in [-0.3, -0.25) is 4.79 Å². The second kappa shape index (κ2) is 7.80. The summed E-state index contributed by atoms with van der Waals surface area (Å²) in [6.45, 7) is 8.44. The summed E-state index contributed by atoms with van der Waals surface area (Å²) in [5.74, 6) is 0.961. The lowest BCUT2D eigenvalue weighted by molar-refractivity contribution is -0.119. The molecule has 0 unspecified atom stereocenters. The van der Waals surface area contributed by atoms with Gasteiger partial charge in [0, 0.05) is 62.3 Å². The molecular weight excluding hydrogens is 350 g/mol. The minimum Gasteiger partial charge on any atom is -0.369 e. The van der Waals surface area contributed by atoms with E-state index in [2.05, 4.69) is 65.3 Å². The van der Waals surface area contributed by atoms with Crippen LogP contribution in [0.5, 0.6) is 0 Å². The molecule has 0 atom stereocenters. The third-order valence-electron chi connectivity index (χ3n) is 5.62. The summed E-state index contributed by atoms with van der Waals surface area (Å²) in [4.78, 5) is 23.6. The van der Waals surface area contributed by atoms with Gasteiger partial charge in [0.1, 0.15) is 5.82 Å². The second-order valence-electron chi connectivity index (χ2n) is 8.02. The van der Waals surface area contributed by atoms with Crippen LogP contribution in [0.25, 0.3) is 0 Å². The lowest BCUT2D eigenvalue weighted by Crippen LogP contribution is -2.44. The Labute approximate surface area is 167 Å². The lowest BCUT2D eigenvalue weighted by atomic mass is 10.0. The highest BCUT2D eigenvalue weighted by Crippen LogP contribution is 2.32. The van der Waals surface area contributed by atoms with Crippen molar-refractivity contribution in [1.82, 2.24) is 9.88 Å². The van der Waals surface area contributed by atoms with E-state index in [9.17, 15) is 4.79 Å². The molecule has 2 aliphatic rings. The zero-order valence-electron chi connectivity index (χ0n) is 17.0. The molecule has 0 bridgehead atoms. The van der Waals surface area contributed by atoms with E-state index in [1.165, 1.54) is 5.69 Å². The maximum absolute atomic E-state index is 12.4. The van der Waals surface area contributed by atoms with Gasteiger partial charge in [-0.1, -0.05) is 0 Å². The third kappa shape index (κ3) is 3.83. The lowest BCUT2D eigenvalue weighted by Gasteiger charge is -2.34. The molecule has 0 spiro atoms. The third-order valence-corrected chi connectivity index (χ3v) is 5.62. The average Bonchev–Trinajstić information content (AvgIpc) is 2.69. The van der Waals surface area contributed by atoms with Gasteiger partial charge in [0.15, 0.2) is 0 Å². The van der Waals surface area contributed by atoms with Crippen molar-refractivity contribution in [1.29, 1.82) is 0 Å². The van der Waals surface area contributed by atoms with Crippen molar-refractivity contribution < 1.29 is 4.79 Å².